The lowest BCUT2D eigenvalue weighted by Gasteiger charge is -2.13. The minimum absolute atomic E-state index is 0.0684. The fourth-order valence-electron chi connectivity index (χ4n) is 1.21. The first-order valence-corrected chi connectivity index (χ1v) is 5.21. The predicted octanol–water partition coefficient (Wildman–Crippen LogP) is 2.13. The van der Waals surface area contributed by atoms with Crippen molar-refractivity contribution in [3.63, 3.8) is 0 Å². The minimum atomic E-state index is -1.18. The topological polar surface area (TPSA) is 66.8 Å². The maximum atomic E-state index is 10.9. The summed E-state index contributed by atoms with van der Waals surface area (Å²) in [7, 11) is 0. The van der Waals surface area contributed by atoms with Crippen molar-refractivity contribution >= 4 is 29.2 Å². The number of ether oxygens (including phenoxy) is 1. The third kappa shape index (κ3) is 3.64. The Hall–Kier alpha value is -0.810. The van der Waals surface area contributed by atoms with E-state index in [4.69, 9.17) is 38.2 Å². The van der Waals surface area contributed by atoms with E-state index in [9.17, 15) is 4.79 Å². The fraction of sp³-hybridized carbons (Fsp3) is 0.300. The molecule has 16 heavy (non-hydrogen) atoms. The highest BCUT2D eigenvalue weighted by Gasteiger charge is 2.21. The predicted molar refractivity (Wildman–Crippen MR) is 59.9 cm³/mol. The molecule has 1 aromatic rings. The molecule has 0 saturated heterocycles. The largest absolute Gasteiger partial charge is 0.479 e. The number of benzene rings is 1. The van der Waals surface area contributed by atoms with Crippen LogP contribution < -0.4 is 0 Å². The van der Waals surface area contributed by atoms with Crippen LogP contribution in [0.1, 0.15) is 11.7 Å². The molecule has 4 nitrogen and oxygen atoms in total. The van der Waals surface area contributed by atoms with Crippen LogP contribution in [-0.4, -0.2) is 29.4 Å². The molecule has 1 unspecified atom stereocenters. The Bertz CT molecular complexity index is 361. The normalized spacial score (nSPS) is 12.4. The van der Waals surface area contributed by atoms with Gasteiger partial charge in [0.2, 0.25) is 0 Å². The van der Waals surface area contributed by atoms with E-state index in [0.29, 0.717) is 15.6 Å². The zero-order valence-electron chi connectivity index (χ0n) is 8.19. The van der Waals surface area contributed by atoms with Gasteiger partial charge in [0.1, 0.15) is 0 Å². The maximum Gasteiger partial charge on any atom is 0.337 e. The standard InChI is InChI=1S/C10H10Cl2O4/c11-7-3-6(4-8(12)5-7)9(10(14)15)16-2-1-13/h3-5,9,13H,1-2H2,(H,14,15). The molecule has 1 atom stereocenters. The lowest BCUT2D eigenvalue weighted by atomic mass is 10.1. The first-order chi connectivity index (χ1) is 7.54. The summed E-state index contributed by atoms with van der Waals surface area (Å²) < 4.78 is 4.98. The van der Waals surface area contributed by atoms with Gasteiger partial charge in [0.15, 0.2) is 6.10 Å². The van der Waals surface area contributed by atoms with Gasteiger partial charge in [-0.1, -0.05) is 23.2 Å². The summed E-state index contributed by atoms with van der Waals surface area (Å²) in [5.74, 6) is -1.16. The van der Waals surface area contributed by atoms with E-state index in [1.54, 1.807) is 0 Å². The summed E-state index contributed by atoms with van der Waals surface area (Å²) >= 11 is 11.5. The molecule has 6 heteroatoms. The zero-order valence-corrected chi connectivity index (χ0v) is 9.70. The van der Waals surface area contributed by atoms with Crippen LogP contribution >= 0.6 is 23.2 Å². The van der Waals surface area contributed by atoms with E-state index in [0.717, 1.165) is 0 Å². The number of aliphatic carboxylic acids is 1. The van der Waals surface area contributed by atoms with Crippen LogP contribution in [0, 0.1) is 0 Å². The number of carboxylic acids is 1. The number of hydrogen-bond donors (Lipinski definition) is 2. The quantitative estimate of drug-likeness (QED) is 0.855. The smallest absolute Gasteiger partial charge is 0.337 e. The molecular weight excluding hydrogens is 255 g/mol. The summed E-state index contributed by atoms with van der Waals surface area (Å²) in [6.45, 7) is -0.320. The molecule has 0 heterocycles. The first-order valence-electron chi connectivity index (χ1n) is 4.46. The Balaban J connectivity index is 2.96. The Morgan fingerprint density at radius 2 is 1.88 bits per heavy atom. The van der Waals surface area contributed by atoms with E-state index in [2.05, 4.69) is 0 Å². The van der Waals surface area contributed by atoms with E-state index < -0.39 is 12.1 Å². The van der Waals surface area contributed by atoms with Crippen LogP contribution in [0.25, 0.3) is 0 Å². The van der Waals surface area contributed by atoms with Crippen molar-refractivity contribution in [3.05, 3.63) is 33.8 Å². The molecule has 1 aromatic carbocycles. The number of halogens is 2. The highest BCUT2D eigenvalue weighted by atomic mass is 35.5. The van der Waals surface area contributed by atoms with Gasteiger partial charge in [-0.25, -0.2) is 4.79 Å². The molecule has 0 radical (unpaired) electrons. The molecule has 0 saturated carbocycles. The van der Waals surface area contributed by atoms with Crippen molar-refractivity contribution in [2.75, 3.05) is 13.2 Å². The average molecular weight is 265 g/mol. The van der Waals surface area contributed by atoms with Crippen molar-refractivity contribution in [3.8, 4) is 0 Å². The molecule has 2 N–H and O–H groups in total. The van der Waals surface area contributed by atoms with Gasteiger partial charge in [-0.15, -0.1) is 0 Å². The van der Waals surface area contributed by atoms with Gasteiger partial charge < -0.3 is 14.9 Å². The van der Waals surface area contributed by atoms with Gasteiger partial charge in [0.05, 0.1) is 13.2 Å². The Kier molecular flexibility index (Phi) is 5.02. The Labute approximate surface area is 102 Å². The van der Waals surface area contributed by atoms with E-state index in [-0.39, 0.29) is 13.2 Å². The van der Waals surface area contributed by atoms with Crippen LogP contribution in [0.5, 0.6) is 0 Å². The summed E-state index contributed by atoms with van der Waals surface area (Å²) in [6, 6.07) is 4.42. The highest BCUT2D eigenvalue weighted by Crippen LogP contribution is 2.25. The number of carboxylic acid groups (broad SMARTS) is 1. The number of rotatable bonds is 5. The van der Waals surface area contributed by atoms with Gasteiger partial charge >= 0.3 is 5.97 Å². The number of hydrogen-bond acceptors (Lipinski definition) is 3. The van der Waals surface area contributed by atoms with Gasteiger partial charge in [-0.3, -0.25) is 0 Å². The summed E-state index contributed by atoms with van der Waals surface area (Å²) in [5, 5.41) is 18.2. The van der Waals surface area contributed by atoms with Crippen molar-refractivity contribution in [1.82, 2.24) is 0 Å². The van der Waals surface area contributed by atoms with Crippen LogP contribution in [0.2, 0.25) is 10.0 Å². The zero-order chi connectivity index (χ0) is 12.1. The minimum Gasteiger partial charge on any atom is -0.479 e. The monoisotopic (exact) mass is 264 g/mol. The lowest BCUT2D eigenvalue weighted by Crippen LogP contribution is -2.17. The molecule has 0 bridgehead atoms. The third-order valence-electron chi connectivity index (χ3n) is 1.79. The second-order valence-electron chi connectivity index (χ2n) is 3.02. The average Bonchev–Trinajstić information content (AvgIpc) is 2.16. The molecule has 0 aliphatic rings. The molecular formula is C10H10Cl2O4. The van der Waals surface area contributed by atoms with Crippen LogP contribution in [0.4, 0.5) is 0 Å². The first kappa shape index (κ1) is 13.3. The van der Waals surface area contributed by atoms with Gasteiger partial charge in [0, 0.05) is 10.0 Å². The molecule has 88 valence electrons. The Morgan fingerprint density at radius 1 is 1.31 bits per heavy atom. The number of aliphatic hydroxyl groups excluding tert-OH is 1. The second-order valence-corrected chi connectivity index (χ2v) is 3.89. The van der Waals surface area contributed by atoms with Crippen molar-refractivity contribution < 1.29 is 19.7 Å². The lowest BCUT2D eigenvalue weighted by molar-refractivity contribution is -0.151. The summed E-state index contributed by atoms with van der Waals surface area (Å²) in [4.78, 5) is 10.9. The molecule has 0 amide bonds. The van der Waals surface area contributed by atoms with E-state index >= 15 is 0 Å². The number of carbonyl (C=O) groups is 1. The van der Waals surface area contributed by atoms with Gasteiger partial charge in [-0.2, -0.15) is 0 Å². The van der Waals surface area contributed by atoms with Crippen molar-refractivity contribution in [2.24, 2.45) is 0 Å². The molecule has 0 aliphatic carbocycles. The van der Waals surface area contributed by atoms with Crippen LogP contribution in [0.3, 0.4) is 0 Å². The fourth-order valence-corrected chi connectivity index (χ4v) is 1.75. The highest BCUT2D eigenvalue weighted by molar-refractivity contribution is 6.34. The molecule has 1 rings (SSSR count). The van der Waals surface area contributed by atoms with Crippen LogP contribution in [0.15, 0.2) is 18.2 Å². The maximum absolute atomic E-state index is 10.9. The van der Waals surface area contributed by atoms with Crippen LogP contribution in [-0.2, 0) is 9.53 Å². The third-order valence-corrected chi connectivity index (χ3v) is 2.22. The van der Waals surface area contributed by atoms with Gasteiger partial charge in [0.25, 0.3) is 0 Å². The summed E-state index contributed by atoms with van der Waals surface area (Å²) in [5.41, 5.74) is 0.346. The second kappa shape index (κ2) is 6.06. The van der Waals surface area contributed by atoms with Gasteiger partial charge in [-0.05, 0) is 23.8 Å². The molecule has 0 spiro atoms. The SMILES string of the molecule is O=C(O)C(OCCO)c1cc(Cl)cc(Cl)c1. The molecule has 0 aliphatic heterocycles. The Morgan fingerprint density at radius 3 is 2.31 bits per heavy atom. The number of aliphatic hydroxyl groups is 1. The summed E-state index contributed by atoms with van der Waals surface area (Å²) in [6.07, 6.45) is -1.18. The molecule has 0 fully saturated rings. The van der Waals surface area contributed by atoms with Crippen molar-refractivity contribution in [1.29, 1.82) is 0 Å². The molecule has 0 aromatic heterocycles. The van der Waals surface area contributed by atoms with E-state index in [1.165, 1.54) is 18.2 Å². The van der Waals surface area contributed by atoms with Crippen molar-refractivity contribution in [2.45, 2.75) is 6.10 Å². The van der Waals surface area contributed by atoms with E-state index in [1.807, 2.05) is 0 Å².